The van der Waals surface area contributed by atoms with Gasteiger partial charge in [0.15, 0.2) is 0 Å². The van der Waals surface area contributed by atoms with Crippen molar-refractivity contribution in [3.8, 4) is 0 Å². The van der Waals surface area contributed by atoms with Crippen LogP contribution in [0.15, 0.2) is 17.5 Å². The highest BCUT2D eigenvalue weighted by Gasteiger charge is 2.13. The van der Waals surface area contributed by atoms with Crippen molar-refractivity contribution in [2.45, 2.75) is 32.7 Å². The Morgan fingerprint density at radius 3 is 2.70 bits per heavy atom. The average Bonchev–Trinajstić information content (AvgIpc) is 2.96. The Balaban J connectivity index is 2.13. The summed E-state index contributed by atoms with van der Waals surface area (Å²) in [7, 11) is 0. The van der Waals surface area contributed by atoms with Crippen molar-refractivity contribution >= 4 is 34.8 Å². The number of hydrogen-bond acceptors (Lipinski definition) is 6. The SMILES string of the molecule is CCCNc1nc(Cl)nc(NC(CC)c2cccs2)n1. The minimum Gasteiger partial charge on any atom is -0.354 e. The zero-order valence-electron chi connectivity index (χ0n) is 11.6. The fraction of sp³-hybridized carbons (Fsp3) is 0.462. The molecule has 2 aromatic rings. The van der Waals surface area contributed by atoms with Crippen molar-refractivity contribution in [1.82, 2.24) is 15.0 Å². The highest BCUT2D eigenvalue weighted by Crippen LogP contribution is 2.25. The highest BCUT2D eigenvalue weighted by molar-refractivity contribution is 7.10. The number of aromatic nitrogens is 3. The van der Waals surface area contributed by atoms with E-state index in [1.54, 1.807) is 11.3 Å². The summed E-state index contributed by atoms with van der Waals surface area (Å²) in [6.07, 6.45) is 1.94. The van der Waals surface area contributed by atoms with Crippen LogP contribution in [0.1, 0.15) is 37.6 Å². The Morgan fingerprint density at radius 2 is 2.05 bits per heavy atom. The van der Waals surface area contributed by atoms with E-state index in [0.717, 1.165) is 19.4 Å². The summed E-state index contributed by atoms with van der Waals surface area (Å²) in [5.74, 6) is 1.01. The molecule has 0 aliphatic rings. The molecule has 0 saturated heterocycles. The van der Waals surface area contributed by atoms with Crippen LogP contribution in [0.25, 0.3) is 0 Å². The summed E-state index contributed by atoms with van der Waals surface area (Å²) >= 11 is 7.66. The molecule has 2 rings (SSSR count). The Bertz CT molecular complexity index is 532. The van der Waals surface area contributed by atoms with Gasteiger partial charge in [-0.15, -0.1) is 11.3 Å². The van der Waals surface area contributed by atoms with Crippen LogP contribution in [0.4, 0.5) is 11.9 Å². The van der Waals surface area contributed by atoms with Gasteiger partial charge in [-0.05, 0) is 35.9 Å². The third-order valence-electron chi connectivity index (χ3n) is 2.74. The predicted molar refractivity (Wildman–Crippen MR) is 84.6 cm³/mol. The van der Waals surface area contributed by atoms with Crippen molar-refractivity contribution in [2.75, 3.05) is 17.2 Å². The molecule has 108 valence electrons. The number of anilines is 2. The fourth-order valence-electron chi connectivity index (χ4n) is 1.75. The van der Waals surface area contributed by atoms with E-state index < -0.39 is 0 Å². The highest BCUT2D eigenvalue weighted by atomic mass is 35.5. The normalized spacial score (nSPS) is 12.2. The maximum absolute atomic E-state index is 5.94. The zero-order valence-corrected chi connectivity index (χ0v) is 13.1. The van der Waals surface area contributed by atoms with Gasteiger partial charge in [-0.2, -0.15) is 15.0 Å². The molecule has 5 nitrogen and oxygen atoms in total. The zero-order chi connectivity index (χ0) is 14.4. The minimum absolute atomic E-state index is 0.187. The first-order valence-corrected chi connectivity index (χ1v) is 7.94. The van der Waals surface area contributed by atoms with Gasteiger partial charge < -0.3 is 10.6 Å². The second-order valence-corrected chi connectivity index (χ2v) is 5.62. The number of hydrogen-bond donors (Lipinski definition) is 2. The van der Waals surface area contributed by atoms with Crippen LogP contribution in [0.3, 0.4) is 0 Å². The third-order valence-corrected chi connectivity index (χ3v) is 3.89. The lowest BCUT2D eigenvalue weighted by Crippen LogP contribution is -2.13. The van der Waals surface area contributed by atoms with Crippen molar-refractivity contribution in [2.24, 2.45) is 0 Å². The van der Waals surface area contributed by atoms with Crippen LogP contribution in [0.2, 0.25) is 5.28 Å². The molecular weight excluding hydrogens is 294 g/mol. The maximum atomic E-state index is 5.94. The van der Waals surface area contributed by atoms with Crippen LogP contribution < -0.4 is 10.6 Å². The second kappa shape index (κ2) is 7.40. The molecule has 1 unspecified atom stereocenters. The first-order valence-electron chi connectivity index (χ1n) is 6.68. The lowest BCUT2D eigenvalue weighted by molar-refractivity contribution is 0.750. The first-order chi connectivity index (χ1) is 9.72. The molecule has 0 amide bonds. The summed E-state index contributed by atoms with van der Waals surface area (Å²) in [6.45, 7) is 5.01. The van der Waals surface area contributed by atoms with E-state index in [-0.39, 0.29) is 11.3 Å². The van der Waals surface area contributed by atoms with Crippen molar-refractivity contribution in [1.29, 1.82) is 0 Å². The van der Waals surface area contributed by atoms with E-state index >= 15 is 0 Å². The Kier molecular flexibility index (Phi) is 5.55. The van der Waals surface area contributed by atoms with E-state index in [9.17, 15) is 0 Å². The molecule has 20 heavy (non-hydrogen) atoms. The minimum atomic E-state index is 0.187. The van der Waals surface area contributed by atoms with E-state index in [2.05, 4.69) is 50.9 Å². The van der Waals surface area contributed by atoms with E-state index in [1.807, 2.05) is 6.07 Å². The van der Waals surface area contributed by atoms with Crippen LogP contribution in [0, 0.1) is 0 Å². The van der Waals surface area contributed by atoms with Gasteiger partial charge in [0.05, 0.1) is 6.04 Å². The summed E-state index contributed by atoms with van der Waals surface area (Å²) in [5.41, 5.74) is 0. The molecule has 7 heteroatoms. The van der Waals surface area contributed by atoms with Crippen LogP contribution in [-0.4, -0.2) is 21.5 Å². The van der Waals surface area contributed by atoms with Crippen molar-refractivity contribution in [3.63, 3.8) is 0 Å². The van der Waals surface area contributed by atoms with Crippen molar-refractivity contribution < 1.29 is 0 Å². The predicted octanol–water partition coefficient (Wildman–Crippen LogP) is 3.97. The lowest BCUT2D eigenvalue weighted by atomic mass is 10.2. The average molecular weight is 312 g/mol. The molecule has 1 atom stereocenters. The van der Waals surface area contributed by atoms with Crippen LogP contribution in [-0.2, 0) is 0 Å². The standard InChI is InChI=1S/C13H18ClN5S/c1-3-7-15-12-17-11(14)18-13(19-12)16-9(4-2)10-6-5-8-20-10/h5-6,8-9H,3-4,7H2,1-2H3,(H2,15,16,17,18,19). The lowest BCUT2D eigenvalue weighted by Gasteiger charge is -2.15. The van der Waals surface area contributed by atoms with Crippen LogP contribution in [0.5, 0.6) is 0 Å². The summed E-state index contributed by atoms with van der Waals surface area (Å²) in [6, 6.07) is 4.33. The summed E-state index contributed by atoms with van der Waals surface area (Å²) < 4.78 is 0. The van der Waals surface area contributed by atoms with E-state index in [1.165, 1.54) is 4.88 Å². The molecular formula is C13H18ClN5S. The van der Waals surface area contributed by atoms with Gasteiger partial charge in [0.1, 0.15) is 0 Å². The third kappa shape index (κ3) is 4.05. The smallest absolute Gasteiger partial charge is 0.229 e. The first kappa shape index (κ1) is 15.0. The molecule has 0 bridgehead atoms. The summed E-state index contributed by atoms with van der Waals surface area (Å²) in [4.78, 5) is 13.8. The Hall–Kier alpha value is -1.40. The molecule has 0 aliphatic heterocycles. The molecule has 0 fully saturated rings. The Morgan fingerprint density at radius 1 is 1.25 bits per heavy atom. The van der Waals surface area contributed by atoms with Crippen LogP contribution >= 0.6 is 22.9 Å². The molecule has 2 N–H and O–H groups in total. The topological polar surface area (TPSA) is 62.7 Å². The van der Waals surface area contributed by atoms with Gasteiger partial charge >= 0.3 is 0 Å². The van der Waals surface area contributed by atoms with Gasteiger partial charge in [0.25, 0.3) is 0 Å². The van der Waals surface area contributed by atoms with Gasteiger partial charge in [0.2, 0.25) is 17.2 Å². The van der Waals surface area contributed by atoms with E-state index in [0.29, 0.717) is 11.9 Å². The largest absolute Gasteiger partial charge is 0.354 e. The summed E-state index contributed by atoms with van der Waals surface area (Å²) in [5, 5.41) is 8.69. The molecule has 0 aliphatic carbocycles. The van der Waals surface area contributed by atoms with Gasteiger partial charge in [-0.25, -0.2) is 0 Å². The molecule has 0 radical (unpaired) electrons. The second-order valence-electron chi connectivity index (χ2n) is 4.30. The Labute approximate surface area is 127 Å². The molecule has 2 aromatic heterocycles. The number of halogens is 1. The monoisotopic (exact) mass is 311 g/mol. The molecule has 0 aromatic carbocycles. The number of thiophene rings is 1. The van der Waals surface area contributed by atoms with Crippen molar-refractivity contribution in [3.05, 3.63) is 27.7 Å². The van der Waals surface area contributed by atoms with E-state index in [4.69, 9.17) is 11.6 Å². The quantitative estimate of drug-likeness (QED) is 0.810. The molecule has 0 spiro atoms. The van der Waals surface area contributed by atoms with Gasteiger partial charge in [-0.1, -0.05) is 19.9 Å². The molecule has 2 heterocycles. The number of nitrogens with one attached hydrogen (secondary N) is 2. The fourth-order valence-corrected chi connectivity index (χ4v) is 2.77. The molecule has 0 saturated carbocycles. The van der Waals surface area contributed by atoms with Gasteiger partial charge in [-0.3, -0.25) is 0 Å². The maximum Gasteiger partial charge on any atom is 0.229 e. The number of rotatable bonds is 7. The number of nitrogens with zero attached hydrogens (tertiary/aromatic N) is 3. The van der Waals surface area contributed by atoms with Gasteiger partial charge in [0, 0.05) is 11.4 Å².